The van der Waals surface area contributed by atoms with E-state index in [0.717, 1.165) is 29.7 Å². The summed E-state index contributed by atoms with van der Waals surface area (Å²) in [5.41, 5.74) is 2.88. The van der Waals surface area contributed by atoms with Crippen LogP contribution in [0.3, 0.4) is 0 Å². The number of thiophene rings is 1. The molecular weight excluding hydrogens is 683 g/mol. The van der Waals surface area contributed by atoms with E-state index in [1.807, 2.05) is 13.0 Å². The smallest absolute Gasteiger partial charge is 0.272 e. The van der Waals surface area contributed by atoms with Gasteiger partial charge in [-0.05, 0) is 96.7 Å². The second kappa shape index (κ2) is 16.2. The third kappa shape index (κ3) is 9.31. The lowest BCUT2D eigenvalue weighted by Crippen LogP contribution is -2.30. The highest BCUT2D eigenvalue weighted by Crippen LogP contribution is 2.44. The lowest BCUT2D eigenvalue weighted by molar-refractivity contribution is -0.384. The molecule has 0 spiro atoms. The molecule has 3 N–H and O–H groups in total. The molecule has 0 saturated carbocycles. The summed E-state index contributed by atoms with van der Waals surface area (Å²) in [5, 5.41) is 29.8. The number of nitro benzene ring substituents is 1. The van der Waals surface area contributed by atoms with Gasteiger partial charge in [-0.3, -0.25) is 24.5 Å². The molecule has 10 nitrogen and oxygen atoms in total. The summed E-state index contributed by atoms with van der Waals surface area (Å²) in [4.78, 5) is 52.7. The monoisotopic (exact) mass is 721 g/mol. The predicted molar refractivity (Wildman–Crippen MR) is 203 cm³/mol. The number of hydrogen-bond acceptors (Lipinski definition) is 8. The Hall–Kier alpha value is -5.25. The molecule has 51 heavy (non-hydrogen) atoms. The number of thioether (sulfide) groups is 1. The van der Waals surface area contributed by atoms with Crippen molar-refractivity contribution in [1.29, 1.82) is 5.26 Å². The molecule has 5 rings (SSSR count). The molecule has 0 saturated heterocycles. The Morgan fingerprint density at radius 3 is 2.43 bits per heavy atom. The van der Waals surface area contributed by atoms with Crippen molar-refractivity contribution >= 4 is 63.3 Å². The number of benzene rings is 3. The number of nitrogens with zero attached hydrogens (tertiary/aromatic N) is 2. The van der Waals surface area contributed by atoms with Crippen molar-refractivity contribution < 1.29 is 19.3 Å². The number of nitrogens with one attached hydrogen (secondary N) is 3. The van der Waals surface area contributed by atoms with E-state index in [4.69, 9.17) is 0 Å². The number of anilines is 2. The average Bonchev–Trinajstić information content (AvgIpc) is 3.46. The van der Waals surface area contributed by atoms with E-state index in [1.165, 1.54) is 58.3 Å². The Balaban J connectivity index is 1.31. The number of nitro groups is 1. The zero-order valence-electron chi connectivity index (χ0n) is 28.8. The van der Waals surface area contributed by atoms with Crippen LogP contribution in [0.15, 0.2) is 89.5 Å². The highest BCUT2D eigenvalue weighted by Gasteiger charge is 2.33. The van der Waals surface area contributed by atoms with E-state index < -0.39 is 22.0 Å². The van der Waals surface area contributed by atoms with Crippen LogP contribution < -0.4 is 16.0 Å². The van der Waals surface area contributed by atoms with Crippen molar-refractivity contribution in [2.45, 2.75) is 63.5 Å². The molecule has 0 fully saturated rings. The van der Waals surface area contributed by atoms with Crippen LogP contribution in [0, 0.1) is 32.8 Å². The lowest BCUT2D eigenvalue weighted by Gasteiger charge is -2.33. The average molecular weight is 722 g/mol. The summed E-state index contributed by atoms with van der Waals surface area (Å²) in [5.74, 6) is -0.792. The summed E-state index contributed by atoms with van der Waals surface area (Å²) >= 11 is 2.86. The van der Waals surface area contributed by atoms with E-state index in [1.54, 1.807) is 48.5 Å². The maximum Gasteiger partial charge on any atom is 0.272 e. The third-order valence-electron chi connectivity index (χ3n) is 8.82. The fraction of sp³-hybridized carbons (Fsp3) is 0.282. The third-order valence-corrected chi connectivity index (χ3v) is 11.3. The van der Waals surface area contributed by atoms with Gasteiger partial charge in [0.05, 0.1) is 15.7 Å². The van der Waals surface area contributed by atoms with Crippen LogP contribution in [-0.4, -0.2) is 27.9 Å². The number of rotatable bonds is 11. The van der Waals surface area contributed by atoms with Gasteiger partial charge in [-0.2, -0.15) is 5.26 Å². The van der Waals surface area contributed by atoms with Crippen molar-refractivity contribution in [3.05, 3.63) is 122 Å². The fourth-order valence-electron chi connectivity index (χ4n) is 5.86. The minimum absolute atomic E-state index is 0.0673. The molecule has 1 aliphatic rings. The van der Waals surface area contributed by atoms with Gasteiger partial charge in [0.1, 0.15) is 16.8 Å². The van der Waals surface area contributed by atoms with Gasteiger partial charge in [-0.15, -0.1) is 23.1 Å². The number of non-ortho nitro benzene ring substituents is 1. The van der Waals surface area contributed by atoms with Gasteiger partial charge in [0.25, 0.3) is 17.5 Å². The predicted octanol–water partition coefficient (Wildman–Crippen LogP) is 8.60. The number of carbonyl (C=O) groups is 3. The molecule has 3 aromatic carbocycles. The van der Waals surface area contributed by atoms with Crippen molar-refractivity contribution in [2.24, 2.45) is 11.3 Å². The molecule has 1 heterocycles. The molecule has 3 amide bonds. The first-order valence-electron chi connectivity index (χ1n) is 16.6. The number of hydrogen-bond donors (Lipinski definition) is 3. The standard InChI is InChI=1S/C39H39N5O5S2/c1-5-33(37(47)43-38-31(23-40)30-19-16-26(39(2,3)4)21-34(30)51-38)50-29-13-9-12-27(22-29)41-36(46)32(42-35(45)25-10-7-6-8-11-25)20-24-14-17-28(18-15-24)44(48)49/h6-15,17-18,20,22,26,33H,5,16,19,21H2,1-4H3,(H,41,46)(H,42,45)(H,43,47)/b32-20+. The minimum Gasteiger partial charge on any atom is -0.321 e. The molecule has 262 valence electrons. The number of nitriles is 1. The highest BCUT2D eigenvalue weighted by molar-refractivity contribution is 8.00. The highest BCUT2D eigenvalue weighted by atomic mass is 32.2. The number of amides is 3. The Bertz CT molecular complexity index is 2010. The molecule has 0 bridgehead atoms. The van der Waals surface area contributed by atoms with Crippen LogP contribution in [0.4, 0.5) is 16.4 Å². The molecule has 2 atom stereocenters. The topological polar surface area (TPSA) is 154 Å². The molecular formula is C39H39N5O5S2. The normalized spacial score (nSPS) is 14.8. The van der Waals surface area contributed by atoms with Crippen LogP contribution in [0.2, 0.25) is 0 Å². The molecule has 0 aliphatic heterocycles. The van der Waals surface area contributed by atoms with E-state index >= 15 is 0 Å². The van der Waals surface area contributed by atoms with Crippen molar-refractivity contribution in [3.63, 3.8) is 0 Å². The first-order valence-corrected chi connectivity index (χ1v) is 18.3. The van der Waals surface area contributed by atoms with Crippen molar-refractivity contribution in [2.75, 3.05) is 10.6 Å². The molecule has 0 radical (unpaired) electrons. The first-order chi connectivity index (χ1) is 24.4. The Morgan fingerprint density at radius 1 is 1.06 bits per heavy atom. The number of carbonyl (C=O) groups excluding carboxylic acids is 3. The molecule has 1 aliphatic carbocycles. The summed E-state index contributed by atoms with van der Waals surface area (Å²) in [6, 6.07) is 23.4. The fourth-order valence-corrected chi connectivity index (χ4v) is 8.15. The van der Waals surface area contributed by atoms with Crippen LogP contribution in [0.1, 0.15) is 72.5 Å². The second-order valence-corrected chi connectivity index (χ2v) is 15.7. The minimum atomic E-state index is -0.607. The summed E-state index contributed by atoms with van der Waals surface area (Å²) in [7, 11) is 0. The summed E-state index contributed by atoms with van der Waals surface area (Å²) < 4.78 is 0. The Labute approximate surface area is 305 Å². The van der Waals surface area contributed by atoms with Gasteiger partial charge in [0, 0.05) is 33.2 Å². The second-order valence-electron chi connectivity index (χ2n) is 13.3. The Kier molecular flexibility index (Phi) is 11.7. The maximum atomic E-state index is 13.6. The number of fused-ring (bicyclic) bond motifs is 1. The zero-order chi connectivity index (χ0) is 36.7. The quantitative estimate of drug-likeness (QED) is 0.0607. The SMILES string of the molecule is CCC(Sc1cccc(NC(=O)/C(=C\c2ccc([N+](=O)[O-])cc2)NC(=O)c2ccccc2)c1)C(=O)Nc1sc2c(c1C#N)CCC(C(C)(C)C)C2. The van der Waals surface area contributed by atoms with Gasteiger partial charge in [0.15, 0.2) is 0 Å². The molecule has 12 heteroatoms. The van der Waals surface area contributed by atoms with Crippen LogP contribution in [-0.2, 0) is 22.4 Å². The van der Waals surface area contributed by atoms with Crippen LogP contribution in [0.25, 0.3) is 6.08 Å². The summed E-state index contributed by atoms with van der Waals surface area (Å²) in [6.07, 6.45) is 4.72. The summed E-state index contributed by atoms with van der Waals surface area (Å²) in [6.45, 7) is 8.66. The van der Waals surface area contributed by atoms with Crippen LogP contribution >= 0.6 is 23.1 Å². The molecule has 4 aromatic rings. The van der Waals surface area contributed by atoms with E-state index in [0.29, 0.717) is 39.7 Å². The Morgan fingerprint density at radius 2 is 1.78 bits per heavy atom. The molecule has 2 unspecified atom stereocenters. The van der Waals surface area contributed by atoms with Crippen LogP contribution in [0.5, 0.6) is 0 Å². The zero-order valence-corrected chi connectivity index (χ0v) is 30.5. The van der Waals surface area contributed by atoms with E-state index in [-0.39, 0.29) is 22.7 Å². The maximum absolute atomic E-state index is 13.6. The van der Waals surface area contributed by atoms with Gasteiger partial charge < -0.3 is 16.0 Å². The van der Waals surface area contributed by atoms with Gasteiger partial charge >= 0.3 is 0 Å². The van der Waals surface area contributed by atoms with E-state index in [2.05, 4.69) is 42.8 Å². The van der Waals surface area contributed by atoms with Crippen molar-refractivity contribution in [3.8, 4) is 6.07 Å². The largest absolute Gasteiger partial charge is 0.321 e. The van der Waals surface area contributed by atoms with Crippen molar-refractivity contribution in [1.82, 2.24) is 5.32 Å². The van der Waals surface area contributed by atoms with Gasteiger partial charge in [-0.25, -0.2) is 0 Å². The first kappa shape index (κ1) is 37.0. The lowest BCUT2D eigenvalue weighted by atomic mass is 9.72. The van der Waals surface area contributed by atoms with Gasteiger partial charge in [0.2, 0.25) is 5.91 Å². The van der Waals surface area contributed by atoms with E-state index in [9.17, 15) is 29.8 Å². The van der Waals surface area contributed by atoms with Gasteiger partial charge in [-0.1, -0.05) is 52.0 Å². The molecule has 1 aromatic heterocycles.